The number of carbonyl (C=O) groups excluding carboxylic acids is 1. The lowest BCUT2D eigenvalue weighted by Crippen LogP contribution is -2.41. The lowest BCUT2D eigenvalue weighted by atomic mass is 10.1. The number of carbonyl (C=O) groups is 1. The molecule has 2 aromatic carbocycles. The first-order chi connectivity index (χ1) is 16.6. The summed E-state index contributed by atoms with van der Waals surface area (Å²) >= 11 is 0. The van der Waals surface area contributed by atoms with E-state index in [-0.39, 0.29) is 23.0 Å². The lowest BCUT2D eigenvalue weighted by molar-refractivity contribution is -0.274. The van der Waals surface area contributed by atoms with E-state index < -0.39 is 21.4 Å². The minimum absolute atomic E-state index is 0.0482. The molecule has 1 fully saturated rings. The number of halogens is 3. The Morgan fingerprint density at radius 1 is 0.971 bits per heavy atom. The van der Waals surface area contributed by atoms with Crippen molar-refractivity contribution in [2.75, 3.05) is 19.6 Å². The molecule has 0 atom stereocenters. The van der Waals surface area contributed by atoms with Crippen LogP contribution in [0.1, 0.15) is 23.2 Å². The van der Waals surface area contributed by atoms with Gasteiger partial charge in [0.1, 0.15) is 5.75 Å². The summed E-state index contributed by atoms with van der Waals surface area (Å²) in [5.74, 6) is -0.373. The van der Waals surface area contributed by atoms with Gasteiger partial charge in [0.05, 0.1) is 16.7 Å². The highest BCUT2D eigenvalue weighted by molar-refractivity contribution is 7.92. The Labute approximate surface area is 201 Å². The first-order valence-electron chi connectivity index (χ1n) is 11.0. The fraction of sp³-hybridized carbons (Fsp3) is 0.280. The molecule has 35 heavy (non-hydrogen) atoms. The summed E-state index contributed by atoms with van der Waals surface area (Å²) < 4.78 is 67.1. The maximum Gasteiger partial charge on any atom is 0.573 e. The van der Waals surface area contributed by atoms with Gasteiger partial charge >= 0.3 is 6.36 Å². The number of ether oxygens (including phenoxy) is 1. The third-order valence-corrected chi connectivity index (χ3v) is 8.21. The number of hydrogen-bond acceptors (Lipinski definition) is 6. The third-order valence-electron chi connectivity index (χ3n) is 5.93. The van der Waals surface area contributed by atoms with Crippen molar-refractivity contribution in [2.24, 2.45) is 0 Å². The molecule has 3 aromatic rings. The van der Waals surface area contributed by atoms with Gasteiger partial charge in [-0.15, -0.1) is 13.2 Å². The van der Waals surface area contributed by atoms with Gasteiger partial charge in [0.15, 0.2) is 15.6 Å². The Morgan fingerprint density at radius 3 is 2.11 bits per heavy atom. The maximum atomic E-state index is 13.1. The molecule has 1 saturated heterocycles. The summed E-state index contributed by atoms with van der Waals surface area (Å²) in [5.41, 5.74) is 1.84. The minimum atomic E-state index is -4.76. The molecular formula is C25H23F3N2O4S. The van der Waals surface area contributed by atoms with Crippen LogP contribution in [-0.4, -0.2) is 55.3 Å². The van der Waals surface area contributed by atoms with Crippen molar-refractivity contribution in [2.45, 2.75) is 29.3 Å². The van der Waals surface area contributed by atoms with Crippen LogP contribution in [0.15, 0.2) is 78.0 Å². The molecule has 0 amide bonds. The predicted octanol–water partition coefficient (Wildman–Crippen LogP) is 4.77. The SMILES string of the molecule is O=C(CN1CCC(S(=O)(=O)c2ccc(-c3ccc(OC(F)(F)F)cc3)cc2)CC1)c1cccnc1. The van der Waals surface area contributed by atoms with E-state index >= 15 is 0 Å². The molecule has 0 saturated carbocycles. The lowest BCUT2D eigenvalue weighted by Gasteiger charge is -2.31. The Morgan fingerprint density at radius 2 is 1.57 bits per heavy atom. The largest absolute Gasteiger partial charge is 0.573 e. The van der Waals surface area contributed by atoms with E-state index in [2.05, 4.69) is 9.72 Å². The molecule has 10 heteroatoms. The summed E-state index contributed by atoms with van der Waals surface area (Å²) in [5, 5.41) is -0.545. The smallest absolute Gasteiger partial charge is 0.406 e. The second kappa shape index (κ2) is 10.2. The summed E-state index contributed by atoms with van der Waals surface area (Å²) in [6, 6.07) is 15.1. The highest BCUT2D eigenvalue weighted by atomic mass is 32.2. The van der Waals surface area contributed by atoms with E-state index in [1.54, 1.807) is 30.5 Å². The molecule has 0 N–H and O–H groups in total. The topological polar surface area (TPSA) is 76.6 Å². The molecule has 4 rings (SSSR count). The van der Waals surface area contributed by atoms with E-state index in [1.165, 1.54) is 42.6 Å². The molecule has 0 spiro atoms. The van der Waals surface area contributed by atoms with Crippen LogP contribution in [0.3, 0.4) is 0 Å². The van der Waals surface area contributed by atoms with Crippen molar-refractivity contribution in [1.82, 2.24) is 9.88 Å². The first kappa shape index (κ1) is 24.9. The summed E-state index contributed by atoms with van der Waals surface area (Å²) in [4.78, 5) is 18.5. The summed E-state index contributed by atoms with van der Waals surface area (Å²) in [6.07, 6.45) is -0.796. The Bertz CT molecular complexity index is 1250. The Hall–Kier alpha value is -3.24. The molecule has 1 aliphatic rings. The van der Waals surface area contributed by atoms with Gasteiger partial charge in [0, 0.05) is 18.0 Å². The number of pyridine rings is 1. The van der Waals surface area contributed by atoms with Crippen LogP contribution < -0.4 is 4.74 Å². The van der Waals surface area contributed by atoms with Gasteiger partial charge in [-0.2, -0.15) is 0 Å². The fourth-order valence-corrected chi connectivity index (χ4v) is 5.81. The number of sulfone groups is 1. The number of alkyl halides is 3. The van der Waals surface area contributed by atoms with Crippen LogP contribution in [0.4, 0.5) is 13.2 Å². The normalized spacial score (nSPS) is 15.6. The quantitative estimate of drug-likeness (QED) is 0.432. The van der Waals surface area contributed by atoms with Gasteiger partial charge in [-0.1, -0.05) is 24.3 Å². The number of aromatic nitrogens is 1. The van der Waals surface area contributed by atoms with E-state index in [9.17, 15) is 26.4 Å². The second-order valence-corrected chi connectivity index (χ2v) is 10.5. The van der Waals surface area contributed by atoms with Crippen LogP contribution in [0.2, 0.25) is 0 Å². The van der Waals surface area contributed by atoms with Crippen molar-refractivity contribution in [3.05, 3.63) is 78.6 Å². The first-order valence-corrected chi connectivity index (χ1v) is 12.5. The number of rotatable bonds is 7. The number of ketones is 1. The number of hydrogen-bond donors (Lipinski definition) is 0. The van der Waals surface area contributed by atoms with Crippen molar-refractivity contribution in [3.63, 3.8) is 0 Å². The van der Waals surface area contributed by atoms with E-state index in [4.69, 9.17) is 0 Å². The van der Waals surface area contributed by atoms with Crippen LogP contribution in [-0.2, 0) is 9.84 Å². The zero-order valence-corrected chi connectivity index (χ0v) is 19.4. The number of Topliss-reactive ketones (excluding diaryl/α,β-unsaturated/α-hetero) is 1. The van der Waals surface area contributed by atoms with Crippen LogP contribution in [0, 0.1) is 0 Å². The van der Waals surface area contributed by atoms with Crippen LogP contribution in [0.5, 0.6) is 5.75 Å². The van der Waals surface area contributed by atoms with Gasteiger partial charge in [-0.05, 0) is 73.5 Å². The van der Waals surface area contributed by atoms with Gasteiger partial charge in [-0.25, -0.2) is 8.42 Å². The van der Waals surface area contributed by atoms with E-state index in [1.807, 2.05) is 4.90 Å². The molecule has 0 radical (unpaired) electrons. The Kier molecular flexibility index (Phi) is 7.23. The van der Waals surface area contributed by atoms with Crippen molar-refractivity contribution >= 4 is 15.6 Å². The van der Waals surface area contributed by atoms with E-state index in [0.717, 1.165) is 0 Å². The molecule has 2 heterocycles. The number of piperidine rings is 1. The number of likely N-dealkylation sites (tertiary alicyclic amines) is 1. The molecule has 1 aliphatic heterocycles. The van der Waals surface area contributed by atoms with Gasteiger partial charge in [0.2, 0.25) is 0 Å². The minimum Gasteiger partial charge on any atom is -0.406 e. The van der Waals surface area contributed by atoms with Crippen molar-refractivity contribution < 1.29 is 31.1 Å². The zero-order chi connectivity index (χ0) is 25.1. The average Bonchev–Trinajstić information content (AvgIpc) is 2.84. The molecular weight excluding hydrogens is 481 g/mol. The zero-order valence-electron chi connectivity index (χ0n) is 18.6. The standard InChI is InChI=1S/C25H23F3N2O4S/c26-25(27,28)34-21-7-3-18(4-8-21)19-5-9-22(10-6-19)35(32,33)23-11-14-30(15-12-23)17-24(31)20-2-1-13-29-16-20/h1-10,13,16,23H,11-12,14-15,17H2. The van der Waals surface area contributed by atoms with Crippen molar-refractivity contribution in [3.8, 4) is 16.9 Å². The average molecular weight is 505 g/mol. The van der Waals surface area contributed by atoms with Gasteiger partial charge in [0.25, 0.3) is 0 Å². The molecule has 0 aliphatic carbocycles. The molecule has 6 nitrogen and oxygen atoms in total. The van der Waals surface area contributed by atoms with Crippen molar-refractivity contribution in [1.29, 1.82) is 0 Å². The van der Waals surface area contributed by atoms with Gasteiger partial charge < -0.3 is 4.74 Å². The second-order valence-electron chi connectivity index (χ2n) is 8.28. The van der Waals surface area contributed by atoms with Crippen LogP contribution in [0.25, 0.3) is 11.1 Å². The number of nitrogens with zero attached hydrogens (tertiary/aromatic N) is 2. The monoisotopic (exact) mass is 504 g/mol. The summed E-state index contributed by atoms with van der Waals surface area (Å²) in [6.45, 7) is 1.22. The van der Waals surface area contributed by atoms with Gasteiger partial charge in [-0.3, -0.25) is 14.7 Å². The molecule has 1 aromatic heterocycles. The Balaban J connectivity index is 1.36. The highest BCUT2D eigenvalue weighted by Crippen LogP contribution is 2.29. The van der Waals surface area contributed by atoms with Crippen LogP contribution >= 0.6 is 0 Å². The molecule has 0 unspecified atom stereocenters. The molecule has 0 bridgehead atoms. The van der Waals surface area contributed by atoms with E-state index in [0.29, 0.717) is 42.6 Å². The predicted molar refractivity (Wildman–Crippen MR) is 124 cm³/mol. The number of benzene rings is 2. The molecule has 184 valence electrons. The highest BCUT2D eigenvalue weighted by Gasteiger charge is 2.32. The maximum absolute atomic E-state index is 13.1. The fourth-order valence-electron chi connectivity index (χ4n) is 4.08. The third kappa shape index (κ3) is 6.26. The summed E-state index contributed by atoms with van der Waals surface area (Å²) in [7, 11) is -3.56.